The van der Waals surface area contributed by atoms with Gasteiger partial charge < -0.3 is 19.5 Å². The Morgan fingerprint density at radius 3 is 2.58 bits per heavy atom. The summed E-state index contributed by atoms with van der Waals surface area (Å²) < 4.78 is 65.3. The molecule has 4 rings (SSSR count). The molecule has 1 aromatic heterocycles. The van der Waals surface area contributed by atoms with E-state index < -0.39 is 36.0 Å². The number of aliphatic hydroxyl groups is 1. The van der Waals surface area contributed by atoms with Crippen molar-refractivity contribution in [1.82, 2.24) is 4.98 Å². The first-order valence-corrected chi connectivity index (χ1v) is 11.2. The first kappa shape index (κ1) is 25.4. The number of alkyl halides is 4. The monoisotopic (exact) mass is 504 g/mol. The van der Waals surface area contributed by atoms with E-state index in [9.17, 15) is 27.5 Å². The van der Waals surface area contributed by atoms with Gasteiger partial charge in [0.15, 0.2) is 0 Å². The maximum Gasteiger partial charge on any atom is 0.424 e. The van der Waals surface area contributed by atoms with Crippen LogP contribution in [0.4, 0.5) is 23.2 Å². The topological polar surface area (TPSA) is 71.9 Å². The smallest absolute Gasteiger partial charge is 0.424 e. The van der Waals surface area contributed by atoms with Crippen molar-refractivity contribution in [2.75, 3.05) is 25.2 Å². The molecule has 36 heavy (non-hydrogen) atoms. The van der Waals surface area contributed by atoms with Gasteiger partial charge >= 0.3 is 6.18 Å². The molecule has 2 heterocycles. The molecular formula is C26H24F4N2O4. The molecule has 3 aromatic rings. The van der Waals surface area contributed by atoms with Crippen LogP contribution in [0.2, 0.25) is 0 Å². The van der Waals surface area contributed by atoms with E-state index in [4.69, 9.17) is 9.47 Å². The molecule has 10 heteroatoms. The van der Waals surface area contributed by atoms with Crippen LogP contribution < -0.4 is 14.4 Å². The summed E-state index contributed by atoms with van der Waals surface area (Å²) in [5, 5.41) is 10.1. The lowest BCUT2D eigenvalue weighted by Crippen LogP contribution is -2.44. The van der Waals surface area contributed by atoms with E-state index in [1.54, 1.807) is 36.4 Å². The molecule has 190 valence electrons. The Balaban J connectivity index is 1.73. The quantitative estimate of drug-likeness (QED) is 0.486. The Hall–Kier alpha value is -3.66. The van der Waals surface area contributed by atoms with Gasteiger partial charge in [-0.2, -0.15) is 13.2 Å². The molecule has 0 saturated heterocycles. The van der Waals surface area contributed by atoms with Gasteiger partial charge in [0.25, 0.3) is 5.91 Å². The van der Waals surface area contributed by atoms with Crippen molar-refractivity contribution in [3.8, 4) is 11.5 Å². The molecule has 1 unspecified atom stereocenters. The predicted molar refractivity (Wildman–Crippen MR) is 124 cm³/mol. The number of fused-ring (bicyclic) bond motifs is 1. The number of ether oxygens (including phenoxy) is 2. The number of hydrogen-bond acceptors (Lipinski definition) is 5. The highest BCUT2D eigenvalue weighted by Crippen LogP contribution is 2.41. The number of methoxy groups -OCH3 is 1. The molecule has 2 aromatic carbocycles. The van der Waals surface area contributed by atoms with Crippen molar-refractivity contribution in [3.05, 3.63) is 83.7 Å². The number of carbonyl (C=O) groups is 1. The fourth-order valence-electron chi connectivity index (χ4n) is 4.13. The molecule has 0 radical (unpaired) electrons. The van der Waals surface area contributed by atoms with Gasteiger partial charge in [-0.15, -0.1) is 0 Å². The summed E-state index contributed by atoms with van der Waals surface area (Å²) in [5.74, 6) is 0.661. The van der Waals surface area contributed by atoms with Gasteiger partial charge in [-0.05, 0) is 54.3 Å². The fraction of sp³-hybridized carbons (Fsp3) is 0.308. The molecule has 2 atom stereocenters. The predicted octanol–water partition coefficient (Wildman–Crippen LogP) is 4.85. The Morgan fingerprint density at radius 2 is 1.92 bits per heavy atom. The van der Waals surface area contributed by atoms with Crippen LogP contribution in [-0.2, 0) is 12.0 Å². The third-order valence-electron chi connectivity index (χ3n) is 6.13. The van der Waals surface area contributed by atoms with Crippen LogP contribution in [-0.4, -0.2) is 48.6 Å². The lowest BCUT2D eigenvalue weighted by atomic mass is 9.91. The maximum atomic E-state index is 13.5. The average Bonchev–Trinajstić information content (AvgIpc) is 3.06. The van der Waals surface area contributed by atoms with Gasteiger partial charge in [-0.3, -0.25) is 9.78 Å². The third kappa shape index (κ3) is 4.99. The number of hydrogen-bond donors (Lipinski definition) is 1. The van der Waals surface area contributed by atoms with Crippen LogP contribution in [0.15, 0.2) is 67.0 Å². The molecule has 0 saturated carbocycles. The first-order valence-electron chi connectivity index (χ1n) is 11.2. The summed E-state index contributed by atoms with van der Waals surface area (Å²) in [6, 6.07) is 13.5. The van der Waals surface area contributed by atoms with E-state index >= 15 is 0 Å². The van der Waals surface area contributed by atoms with Crippen molar-refractivity contribution in [1.29, 1.82) is 0 Å². The molecular weight excluding hydrogens is 480 g/mol. The Morgan fingerprint density at radius 1 is 1.14 bits per heavy atom. The van der Waals surface area contributed by atoms with Crippen molar-refractivity contribution >= 4 is 11.6 Å². The Kier molecular flexibility index (Phi) is 7.16. The molecule has 0 fully saturated rings. The number of carbonyl (C=O) groups excluding carboxylic acids is 1. The van der Waals surface area contributed by atoms with Crippen molar-refractivity contribution in [3.63, 3.8) is 0 Å². The average molecular weight is 504 g/mol. The summed E-state index contributed by atoms with van der Waals surface area (Å²) in [5.41, 5.74) is -3.28. The zero-order valence-corrected chi connectivity index (χ0v) is 19.3. The molecule has 1 aliphatic rings. The number of aryl methyl sites for hydroxylation is 1. The van der Waals surface area contributed by atoms with Gasteiger partial charge in [0.2, 0.25) is 5.60 Å². The zero-order valence-electron chi connectivity index (χ0n) is 19.3. The highest BCUT2D eigenvalue weighted by atomic mass is 19.4. The second-order valence-electron chi connectivity index (χ2n) is 8.45. The van der Waals surface area contributed by atoms with Gasteiger partial charge in [0.1, 0.15) is 24.3 Å². The molecule has 1 aliphatic heterocycles. The summed E-state index contributed by atoms with van der Waals surface area (Å²) >= 11 is 0. The lowest BCUT2D eigenvalue weighted by molar-refractivity contribution is -0.271. The van der Waals surface area contributed by atoms with Crippen LogP contribution >= 0.6 is 0 Å². The number of nitrogens with zero attached hydrogens (tertiary/aromatic N) is 2. The molecule has 0 spiro atoms. The van der Waals surface area contributed by atoms with Crippen LogP contribution in [0, 0.1) is 0 Å². The van der Waals surface area contributed by atoms with Gasteiger partial charge in [-0.25, -0.2) is 4.39 Å². The van der Waals surface area contributed by atoms with E-state index in [1.807, 2.05) is 0 Å². The largest absolute Gasteiger partial charge is 0.497 e. The number of amides is 1. The van der Waals surface area contributed by atoms with Crippen LogP contribution in [0.5, 0.6) is 11.5 Å². The third-order valence-corrected chi connectivity index (χ3v) is 6.13. The zero-order chi connectivity index (χ0) is 25.9. The van der Waals surface area contributed by atoms with Gasteiger partial charge in [0, 0.05) is 24.1 Å². The van der Waals surface area contributed by atoms with E-state index in [0.717, 1.165) is 12.1 Å². The van der Waals surface area contributed by atoms with Crippen molar-refractivity contribution in [2.45, 2.75) is 30.7 Å². The number of aromatic nitrogens is 1. The summed E-state index contributed by atoms with van der Waals surface area (Å²) in [6.07, 6.45) is -2.24. The fourth-order valence-corrected chi connectivity index (χ4v) is 4.13. The summed E-state index contributed by atoms with van der Waals surface area (Å²) in [6.45, 7) is -1.93. The van der Waals surface area contributed by atoms with Crippen molar-refractivity contribution in [2.24, 2.45) is 0 Å². The summed E-state index contributed by atoms with van der Waals surface area (Å²) in [4.78, 5) is 18.8. The van der Waals surface area contributed by atoms with E-state index in [0.29, 0.717) is 29.2 Å². The van der Waals surface area contributed by atoms with E-state index in [1.165, 1.54) is 30.5 Å². The SMILES string of the molecule is COc1cccc(O[C@H]2CCc3cc(C(O)(CF)C(F)(F)F)ccc3N(C(=O)c3cccnc3)C2)c1. The molecule has 0 aliphatic carbocycles. The highest BCUT2D eigenvalue weighted by molar-refractivity contribution is 6.06. The van der Waals surface area contributed by atoms with Crippen LogP contribution in [0.25, 0.3) is 0 Å². The minimum Gasteiger partial charge on any atom is -0.497 e. The molecule has 0 bridgehead atoms. The second kappa shape index (κ2) is 10.1. The molecule has 1 amide bonds. The normalized spacial score (nSPS) is 17.5. The number of anilines is 1. The molecule has 6 nitrogen and oxygen atoms in total. The standard InChI is InChI=1S/C26H24F4N2O4/c1-35-20-5-2-6-21(13-20)36-22-9-7-17-12-19(25(34,16-27)26(28,29)30)8-10-23(17)32(15-22)24(33)18-4-3-11-31-14-18/h2-6,8,10-14,22,34H,7,9,15-16H2,1H3/t22-,25?/m0/s1. The van der Waals surface area contributed by atoms with Crippen LogP contribution in [0.1, 0.15) is 27.9 Å². The minimum atomic E-state index is -5.22. The van der Waals surface area contributed by atoms with Gasteiger partial charge in [-0.1, -0.05) is 18.2 Å². The number of pyridine rings is 1. The number of halogens is 4. The van der Waals surface area contributed by atoms with Crippen molar-refractivity contribution < 1.29 is 36.9 Å². The maximum absolute atomic E-state index is 13.5. The van der Waals surface area contributed by atoms with Crippen LogP contribution in [0.3, 0.4) is 0 Å². The number of rotatable bonds is 6. The highest BCUT2D eigenvalue weighted by Gasteiger charge is 2.55. The number of benzene rings is 2. The van der Waals surface area contributed by atoms with E-state index in [-0.39, 0.29) is 18.5 Å². The minimum absolute atomic E-state index is 0.101. The van der Waals surface area contributed by atoms with E-state index in [2.05, 4.69) is 4.98 Å². The Labute approximate surface area is 205 Å². The van der Waals surface area contributed by atoms with Gasteiger partial charge in [0.05, 0.1) is 19.2 Å². The molecule has 1 N–H and O–H groups in total. The first-order chi connectivity index (χ1) is 17.2. The Bertz CT molecular complexity index is 1220. The second-order valence-corrected chi connectivity index (χ2v) is 8.45. The lowest BCUT2D eigenvalue weighted by Gasteiger charge is -2.30. The summed E-state index contributed by atoms with van der Waals surface area (Å²) in [7, 11) is 1.52.